The molecule has 2 aromatic heterocycles. The first kappa shape index (κ1) is 12.6. The third-order valence-electron chi connectivity index (χ3n) is 2.50. The van der Waals surface area contributed by atoms with E-state index in [1.54, 1.807) is 11.3 Å². The molecule has 2 aromatic rings. The van der Waals surface area contributed by atoms with Crippen LogP contribution in [-0.4, -0.2) is 16.1 Å². The van der Waals surface area contributed by atoms with Gasteiger partial charge in [0.1, 0.15) is 0 Å². The van der Waals surface area contributed by atoms with Crippen molar-refractivity contribution in [3.05, 3.63) is 40.1 Å². The summed E-state index contributed by atoms with van der Waals surface area (Å²) in [6, 6.07) is 4.01. The summed E-state index contributed by atoms with van der Waals surface area (Å²) in [6.07, 6.45) is 5.67. The summed E-state index contributed by atoms with van der Waals surface area (Å²) in [5.74, 6) is 0.583. The van der Waals surface area contributed by atoms with Gasteiger partial charge in [0.15, 0.2) is 0 Å². The van der Waals surface area contributed by atoms with Gasteiger partial charge >= 0.3 is 0 Å². The predicted molar refractivity (Wildman–Crippen MR) is 72.4 cm³/mol. The smallest absolute Gasteiger partial charge is 0.0946 e. The van der Waals surface area contributed by atoms with E-state index in [2.05, 4.69) is 27.9 Å². The van der Waals surface area contributed by atoms with Gasteiger partial charge in [-0.1, -0.05) is 18.5 Å². The van der Waals surface area contributed by atoms with Crippen molar-refractivity contribution in [1.82, 2.24) is 14.9 Å². The van der Waals surface area contributed by atoms with Crippen LogP contribution in [0.2, 0.25) is 4.34 Å². The predicted octanol–water partition coefficient (Wildman–Crippen LogP) is 3.02. The van der Waals surface area contributed by atoms with E-state index < -0.39 is 0 Å². The molecule has 2 rings (SSSR count). The summed E-state index contributed by atoms with van der Waals surface area (Å²) in [7, 11) is 0. The fraction of sp³-hybridized carbons (Fsp3) is 0.417. The van der Waals surface area contributed by atoms with Crippen molar-refractivity contribution < 1.29 is 0 Å². The normalized spacial score (nSPS) is 12.8. The third kappa shape index (κ3) is 4.15. The number of thiophene rings is 1. The summed E-state index contributed by atoms with van der Waals surface area (Å²) in [4.78, 5) is 5.32. The Morgan fingerprint density at radius 3 is 3.06 bits per heavy atom. The Labute approximate surface area is 110 Å². The van der Waals surface area contributed by atoms with Gasteiger partial charge in [-0.25, -0.2) is 4.98 Å². The van der Waals surface area contributed by atoms with Crippen LogP contribution in [0.5, 0.6) is 0 Å². The fourth-order valence-corrected chi connectivity index (χ4v) is 2.76. The maximum atomic E-state index is 5.88. The molecule has 0 aliphatic rings. The van der Waals surface area contributed by atoms with Crippen LogP contribution in [-0.2, 0) is 13.1 Å². The highest BCUT2D eigenvalue weighted by Crippen LogP contribution is 2.20. The maximum Gasteiger partial charge on any atom is 0.0946 e. The molecule has 92 valence electrons. The minimum Gasteiger partial charge on any atom is -0.337 e. The number of hydrogen-bond donors (Lipinski definition) is 1. The average Bonchev–Trinajstić information content (AvgIpc) is 2.90. The topological polar surface area (TPSA) is 29.9 Å². The molecule has 0 aliphatic carbocycles. The van der Waals surface area contributed by atoms with Crippen LogP contribution in [0.4, 0.5) is 0 Å². The van der Waals surface area contributed by atoms with Gasteiger partial charge in [-0.2, -0.15) is 0 Å². The molecule has 0 spiro atoms. The zero-order valence-corrected chi connectivity index (χ0v) is 11.3. The number of nitrogens with one attached hydrogen (secondary N) is 1. The second-order valence-corrected chi connectivity index (χ2v) is 6.00. The monoisotopic (exact) mass is 269 g/mol. The van der Waals surface area contributed by atoms with Crippen molar-refractivity contribution in [2.75, 3.05) is 6.54 Å². The maximum absolute atomic E-state index is 5.88. The number of nitrogens with zero attached hydrogens (tertiary/aromatic N) is 2. The van der Waals surface area contributed by atoms with E-state index in [9.17, 15) is 0 Å². The molecule has 0 saturated heterocycles. The lowest BCUT2D eigenvalue weighted by atomic mass is 10.2. The summed E-state index contributed by atoms with van der Waals surface area (Å²) in [5, 5.41) is 3.45. The second kappa shape index (κ2) is 6.19. The summed E-state index contributed by atoms with van der Waals surface area (Å²) >= 11 is 7.51. The van der Waals surface area contributed by atoms with Gasteiger partial charge in [0.2, 0.25) is 0 Å². The molecule has 2 heterocycles. The minimum absolute atomic E-state index is 0.583. The molecule has 0 amide bonds. The summed E-state index contributed by atoms with van der Waals surface area (Å²) in [5.41, 5.74) is 0. The second-order valence-electron chi connectivity index (χ2n) is 4.20. The van der Waals surface area contributed by atoms with Crippen molar-refractivity contribution in [3.63, 3.8) is 0 Å². The van der Waals surface area contributed by atoms with Gasteiger partial charge in [0, 0.05) is 30.4 Å². The number of rotatable bonds is 6. The standard InChI is InChI=1S/C12H16ClN3S/c1-10(8-16-5-4-14-9-16)6-15-7-11-2-3-12(13)17-11/h2-5,9-10,15H,6-8H2,1H3. The van der Waals surface area contributed by atoms with E-state index in [1.165, 1.54) is 4.88 Å². The van der Waals surface area contributed by atoms with Crippen molar-refractivity contribution in [3.8, 4) is 0 Å². The Morgan fingerprint density at radius 1 is 1.53 bits per heavy atom. The van der Waals surface area contributed by atoms with Crippen LogP contribution in [0.3, 0.4) is 0 Å². The minimum atomic E-state index is 0.583. The summed E-state index contributed by atoms with van der Waals surface area (Å²) < 4.78 is 2.96. The molecule has 0 bridgehead atoms. The third-order valence-corrected chi connectivity index (χ3v) is 3.73. The average molecular weight is 270 g/mol. The molecule has 0 saturated carbocycles. The van der Waals surface area contributed by atoms with Gasteiger partial charge in [0.05, 0.1) is 10.7 Å². The molecule has 1 atom stereocenters. The molecule has 0 aliphatic heterocycles. The van der Waals surface area contributed by atoms with Crippen LogP contribution in [0.1, 0.15) is 11.8 Å². The highest BCUT2D eigenvalue weighted by Gasteiger charge is 2.03. The Bertz CT molecular complexity index is 438. The van der Waals surface area contributed by atoms with E-state index in [4.69, 9.17) is 11.6 Å². The van der Waals surface area contributed by atoms with Gasteiger partial charge in [-0.05, 0) is 24.6 Å². The fourth-order valence-electron chi connectivity index (χ4n) is 1.71. The van der Waals surface area contributed by atoms with E-state index in [-0.39, 0.29) is 0 Å². The van der Waals surface area contributed by atoms with E-state index >= 15 is 0 Å². The highest BCUT2D eigenvalue weighted by atomic mass is 35.5. The lowest BCUT2D eigenvalue weighted by Crippen LogP contribution is -2.23. The van der Waals surface area contributed by atoms with Crippen LogP contribution in [0, 0.1) is 5.92 Å². The lowest BCUT2D eigenvalue weighted by molar-refractivity contribution is 0.446. The molecule has 3 nitrogen and oxygen atoms in total. The van der Waals surface area contributed by atoms with E-state index in [0.29, 0.717) is 5.92 Å². The molecule has 17 heavy (non-hydrogen) atoms. The number of hydrogen-bond acceptors (Lipinski definition) is 3. The molecule has 5 heteroatoms. The van der Waals surface area contributed by atoms with Crippen LogP contribution >= 0.6 is 22.9 Å². The van der Waals surface area contributed by atoms with Gasteiger partial charge in [-0.15, -0.1) is 11.3 Å². The SMILES string of the molecule is CC(CNCc1ccc(Cl)s1)Cn1ccnc1. The van der Waals surface area contributed by atoms with Gasteiger partial charge in [0.25, 0.3) is 0 Å². The Hall–Kier alpha value is -0.840. The zero-order chi connectivity index (χ0) is 12.1. The Kier molecular flexibility index (Phi) is 4.59. The Morgan fingerprint density at radius 2 is 2.41 bits per heavy atom. The van der Waals surface area contributed by atoms with E-state index in [1.807, 2.05) is 24.8 Å². The van der Waals surface area contributed by atoms with E-state index in [0.717, 1.165) is 24.0 Å². The highest BCUT2D eigenvalue weighted by molar-refractivity contribution is 7.16. The quantitative estimate of drug-likeness (QED) is 0.874. The van der Waals surface area contributed by atoms with Gasteiger partial charge in [-0.3, -0.25) is 0 Å². The molecule has 0 fully saturated rings. The number of imidazole rings is 1. The number of halogens is 1. The number of aromatic nitrogens is 2. The first-order valence-electron chi connectivity index (χ1n) is 5.64. The zero-order valence-electron chi connectivity index (χ0n) is 9.77. The Balaban J connectivity index is 1.68. The molecule has 0 radical (unpaired) electrons. The first-order chi connectivity index (χ1) is 8.24. The lowest BCUT2D eigenvalue weighted by Gasteiger charge is -2.12. The molecular formula is C12H16ClN3S. The molecule has 1 unspecified atom stereocenters. The van der Waals surface area contributed by atoms with Crippen LogP contribution in [0.25, 0.3) is 0 Å². The van der Waals surface area contributed by atoms with Crippen molar-refractivity contribution in [2.24, 2.45) is 5.92 Å². The van der Waals surface area contributed by atoms with Crippen molar-refractivity contribution >= 4 is 22.9 Å². The molecule has 0 aromatic carbocycles. The first-order valence-corrected chi connectivity index (χ1v) is 6.84. The van der Waals surface area contributed by atoms with Gasteiger partial charge < -0.3 is 9.88 Å². The molecular weight excluding hydrogens is 254 g/mol. The van der Waals surface area contributed by atoms with Crippen LogP contribution in [0.15, 0.2) is 30.9 Å². The largest absolute Gasteiger partial charge is 0.337 e. The van der Waals surface area contributed by atoms with Crippen molar-refractivity contribution in [1.29, 1.82) is 0 Å². The summed E-state index contributed by atoms with van der Waals surface area (Å²) in [6.45, 7) is 5.12. The van der Waals surface area contributed by atoms with Crippen LogP contribution < -0.4 is 5.32 Å². The molecule has 1 N–H and O–H groups in total. The van der Waals surface area contributed by atoms with Crippen molar-refractivity contribution in [2.45, 2.75) is 20.0 Å².